The van der Waals surface area contributed by atoms with Crippen LogP contribution in [0, 0.1) is 24.0 Å². The molecule has 0 aliphatic heterocycles. The van der Waals surface area contributed by atoms with Crippen LogP contribution in [0.2, 0.25) is 0 Å². The molecule has 0 spiro atoms. The highest BCUT2D eigenvalue weighted by atomic mass is 16.6. The summed E-state index contributed by atoms with van der Waals surface area (Å²) in [7, 11) is 0. The zero-order valence-corrected chi connectivity index (χ0v) is 12.7. The third-order valence-corrected chi connectivity index (χ3v) is 3.53. The average Bonchev–Trinajstić information content (AvgIpc) is 2.89. The van der Waals surface area contributed by atoms with Crippen LogP contribution in [0.4, 0.5) is 17.2 Å². The van der Waals surface area contributed by atoms with Crippen molar-refractivity contribution < 1.29 is 4.92 Å². The number of nitrogens with zero attached hydrogens (tertiary/aromatic N) is 4. The van der Waals surface area contributed by atoms with Crippen molar-refractivity contribution in [1.82, 2.24) is 14.8 Å². The first kappa shape index (κ1) is 14.7. The van der Waals surface area contributed by atoms with E-state index in [0.717, 1.165) is 17.1 Å². The third-order valence-electron chi connectivity index (χ3n) is 3.53. The Morgan fingerprint density at radius 1 is 1.13 bits per heavy atom. The molecule has 0 amide bonds. The molecule has 3 rings (SSSR count). The highest BCUT2D eigenvalue weighted by Crippen LogP contribution is 2.24. The fourth-order valence-corrected chi connectivity index (χ4v) is 2.32. The van der Waals surface area contributed by atoms with E-state index in [-0.39, 0.29) is 5.69 Å². The van der Waals surface area contributed by atoms with E-state index in [0.29, 0.717) is 11.5 Å². The predicted molar refractivity (Wildman–Crippen MR) is 87.2 cm³/mol. The van der Waals surface area contributed by atoms with Gasteiger partial charge in [0.1, 0.15) is 11.5 Å². The smallest absolute Gasteiger partial charge is 0.290 e. The van der Waals surface area contributed by atoms with Crippen LogP contribution in [0.3, 0.4) is 0 Å². The molecular weight excluding hydrogens is 294 g/mol. The van der Waals surface area contributed by atoms with Crippen molar-refractivity contribution in [2.24, 2.45) is 0 Å². The van der Waals surface area contributed by atoms with Crippen LogP contribution < -0.4 is 5.32 Å². The minimum absolute atomic E-state index is 0.00672. The maximum atomic E-state index is 10.8. The number of anilines is 2. The van der Waals surface area contributed by atoms with Gasteiger partial charge >= 0.3 is 0 Å². The van der Waals surface area contributed by atoms with E-state index in [4.69, 9.17) is 0 Å². The van der Waals surface area contributed by atoms with Gasteiger partial charge in [0.2, 0.25) is 0 Å². The van der Waals surface area contributed by atoms with E-state index < -0.39 is 4.92 Å². The van der Waals surface area contributed by atoms with Gasteiger partial charge in [0, 0.05) is 6.07 Å². The molecule has 1 aromatic carbocycles. The minimum Gasteiger partial charge on any atom is -0.337 e. The van der Waals surface area contributed by atoms with Crippen molar-refractivity contribution in [3.8, 4) is 5.69 Å². The van der Waals surface area contributed by atoms with E-state index in [9.17, 15) is 10.1 Å². The number of hydrogen-bond donors (Lipinski definition) is 1. The molecule has 0 atom stereocenters. The summed E-state index contributed by atoms with van der Waals surface area (Å²) in [5, 5.41) is 18.4. The van der Waals surface area contributed by atoms with Crippen LogP contribution in [0.5, 0.6) is 0 Å². The van der Waals surface area contributed by atoms with Gasteiger partial charge in [-0.15, -0.1) is 0 Å². The van der Waals surface area contributed by atoms with Crippen LogP contribution in [0.15, 0.2) is 48.7 Å². The van der Waals surface area contributed by atoms with Crippen LogP contribution in [-0.4, -0.2) is 19.7 Å². The van der Waals surface area contributed by atoms with Gasteiger partial charge in [0.05, 0.1) is 28.2 Å². The topological polar surface area (TPSA) is 85.9 Å². The Labute approximate surface area is 132 Å². The van der Waals surface area contributed by atoms with Gasteiger partial charge < -0.3 is 5.32 Å². The number of aromatic nitrogens is 3. The summed E-state index contributed by atoms with van der Waals surface area (Å²) in [5.74, 6) is 0.545. The van der Waals surface area contributed by atoms with E-state index >= 15 is 0 Å². The second kappa shape index (κ2) is 5.88. The molecule has 0 unspecified atom stereocenters. The largest absolute Gasteiger partial charge is 0.337 e. The second-order valence-electron chi connectivity index (χ2n) is 5.07. The lowest BCUT2D eigenvalue weighted by molar-refractivity contribution is -0.385. The zero-order valence-electron chi connectivity index (χ0n) is 12.7. The first-order valence-electron chi connectivity index (χ1n) is 7.05. The molecule has 3 aromatic rings. The number of para-hydroxylation sites is 1. The van der Waals surface area contributed by atoms with Gasteiger partial charge in [-0.1, -0.05) is 18.2 Å². The lowest BCUT2D eigenvalue weighted by Crippen LogP contribution is -2.01. The van der Waals surface area contributed by atoms with E-state index in [2.05, 4.69) is 15.4 Å². The van der Waals surface area contributed by atoms with E-state index in [1.165, 1.54) is 6.07 Å². The Kier molecular flexibility index (Phi) is 3.76. The molecule has 7 heteroatoms. The Morgan fingerprint density at radius 2 is 1.87 bits per heavy atom. The van der Waals surface area contributed by atoms with Gasteiger partial charge in [-0.2, -0.15) is 5.10 Å². The molecular formula is C16H15N5O2. The molecule has 7 nitrogen and oxygen atoms in total. The fourth-order valence-electron chi connectivity index (χ4n) is 2.32. The number of rotatable bonds is 4. The number of aryl methyl sites for hydroxylation is 1. The van der Waals surface area contributed by atoms with Crippen molar-refractivity contribution in [3.63, 3.8) is 0 Å². The Bertz CT molecular complexity index is 858. The fraction of sp³-hybridized carbons (Fsp3) is 0.125. The van der Waals surface area contributed by atoms with Gasteiger partial charge in [0.25, 0.3) is 5.69 Å². The molecule has 23 heavy (non-hydrogen) atoms. The summed E-state index contributed by atoms with van der Waals surface area (Å²) in [5.41, 5.74) is 3.06. The lowest BCUT2D eigenvalue weighted by atomic mass is 10.3. The zero-order chi connectivity index (χ0) is 16.4. The monoisotopic (exact) mass is 309 g/mol. The Balaban J connectivity index is 1.88. The highest BCUT2D eigenvalue weighted by molar-refractivity contribution is 5.60. The Morgan fingerprint density at radius 3 is 2.52 bits per heavy atom. The predicted octanol–water partition coefficient (Wildman–Crippen LogP) is 3.54. The molecule has 0 saturated carbocycles. The molecule has 0 aliphatic rings. The van der Waals surface area contributed by atoms with Crippen LogP contribution in [0.25, 0.3) is 5.69 Å². The first-order valence-corrected chi connectivity index (χ1v) is 7.05. The normalized spacial score (nSPS) is 10.5. The Hall–Kier alpha value is -3.22. The van der Waals surface area contributed by atoms with Crippen molar-refractivity contribution in [3.05, 3.63) is 70.2 Å². The van der Waals surface area contributed by atoms with Gasteiger partial charge in [-0.3, -0.25) is 10.1 Å². The first-order chi connectivity index (χ1) is 11.1. The molecule has 0 fully saturated rings. The number of benzene rings is 1. The average molecular weight is 309 g/mol. The summed E-state index contributed by atoms with van der Waals surface area (Å²) in [6, 6.07) is 12.8. The molecule has 0 radical (unpaired) electrons. The third kappa shape index (κ3) is 2.89. The standard InChI is InChI=1S/C16H15N5O2/c1-11-15(21(22)23)8-9-16(18-11)19-14-10-17-20(12(14)2)13-6-4-3-5-7-13/h3-10H,1-2H3,(H,18,19). The summed E-state index contributed by atoms with van der Waals surface area (Å²) >= 11 is 0. The number of hydrogen-bond acceptors (Lipinski definition) is 5. The summed E-state index contributed by atoms with van der Waals surface area (Å²) in [4.78, 5) is 14.6. The van der Waals surface area contributed by atoms with Gasteiger partial charge in [-0.05, 0) is 32.0 Å². The molecule has 1 N–H and O–H groups in total. The SMILES string of the molecule is Cc1nc(Nc2cnn(-c3ccccc3)c2C)ccc1[N+](=O)[O-]. The van der Waals surface area contributed by atoms with Crippen molar-refractivity contribution in [2.45, 2.75) is 13.8 Å². The maximum Gasteiger partial charge on any atom is 0.290 e. The number of nitro groups is 1. The summed E-state index contributed by atoms with van der Waals surface area (Å²) < 4.78 is 1.82. The molecule has 0 bridgehead atoms. The van der Waals surface area contributed by atoms with Gasteiger partial charge in [0.15, 0.2) is 0 Å². The van der Waals surface area contributed by atoms with Crippen LogP contribution >= 0.6 is 0 Å². The highest BCUT2D eigenvalue weighted by Gasteiger charge is 2.13. The van der Waals surface area contributed by atoms with Crippen LogP contribution in [-0.2, 0) is 0 Å². The molecule has 116 valence electrons. The molecule has 2 aromatic heterocycles. The van der Waals surface area contributed by atoms with Crippen LogP contribution in [0.1, 0.15) is 11.4 Å². The van der Waals surface area contributed by atoms with Crippen molar-refractivity contribution in [1.29, 1.82) is 0 Å². The summed E-state index contributed by atoms with van der Waals surface area (Å²) in [6.45, 7) is 3.56. The lowest BCUT2D eigenvalue weighted by Gasteiger charge is -2.07. The van der Waals surface area contributed by atoms with E-state index in [1.54, 1.807) is 19.2 Å². The van der Waals surface area contributed by atoms with Crippen molar-refractivity contribution >= 4 is 17.2 Å². The maximum absolute atomic E-state index is 10.8. The molecule has 0 aliphatic carbocycles. The van der Waals surface area contributed by atoms with Crippen molar-refractivity contribution in [2.75, 3.05) is 5.32 Å². The number of pyridine rings is 1. The minimum atomic E-state index is -0.440. The quantitative estimate of drug-likeness (QED) is 0.588. The second-order valence-corrected chi connectivity index (χ2v) is 5.07. The number of nitrogens with one attached hydrogen (secondary N) is 1. The summed E-state index contributed by atoms with van der Waals surface area (Å²) in [6.07, 6.45) is 1.71. The molecule has 0 saturated heterocycles. The molecule has 2 heterocycles. The van der Waals surface area contributed by atoms with E-state index in [1.807, 2.05) is 41.9 Å². The van der Waals surface area contributed by atoms with Gasteiger partial charge in [-0.25, -0.2) is 9.67 Å².